The molecule has 5 aromatic rings. The third kappa shape index (κ3) is 8.27. The topological polar surface area (TPSA) is 119 Å². The molecule has 1 N–H and O–H groups in total. The lowest BCUT2D eigenvalue weighted by molar-refractivity contribution is -0.137. The molecule has 264 valence electrons. The fourth-order valence-corrected chi connectivity index (χ4v) is 7.86. The Bertz CT molecular complexity index is 2120. The van der Waals surface area contributed by atoms with Gasteiger partial charge in [0.1, 0.15) is 11.5 Å². The van der Waals surface area contributed by atoms with Crippen LogP contribution in [0.25, 0.3) is 34.3 Å². The fourth-order valence-electron chi connectivity index (χ4n) is 6.33. The van der Waals surface area contributed by atoms with E-state index in [4.69, 9.17) is 19.3 Å². The molecule has 0 saturated carbocycles. The molecule has 2 atom stereocenters. The standard InChI is InChI=1S/C40H40FN3O6S/c1-5-49-37(45)15-14-26-9-6-11-28(21-26)35-13-8-18-40(2,3)25-51(47)36(39(46)48-4)23-31-30-16-19-42-34(30)24-32(41)38(31)50-29-12-7-10-27(22-29)33-17-20-44(35)43-33/h6-7,9-12,14-17,19-24,35,42H,5,8,13,18,25H2,1-4H3/b15-14+,36-23+. The summed E-state index contributed by atoms with van der Waals surface area (Å²) < 4.78 is 48.2. The Hall–Kier alpha value is -5.13. The first-order chi connectivity index (χ1) is 24.5. The number of hydrogen-bond donors (Lipinski definition) is 1. The van der Waals surface area contributed by atoms with Gasteiger partial charge in [-0.15, -0.1) is 0 Å². The van der Waals surface area contributed by atoms with Gasteiger partial charge in [-0.05, 0) is 78.5 Å². The molecule has 0 amide bonds. The molecule has 1 aliphatic heterocycles. The molecular weight excluding hydrogens is 670 g/mol. The van der Waals surface area contributed by atoms with Crippen LogP contribution in [0, 0.1) is 11.2 Å². The van der Waals surface area contributed by atoms with Crippen LogP contribution in [-0.4, -0.2) is 50.7 Å². The fraction of sp³-hybridized carbons (Fsp3) is 0.275. The van der Waals surface area contributed by atoms with Crippen LogP contribution in [-0.2, 0) is 30.2 Å². The normalized spacial score (nSPS) is 18.9. The molecule has 6 rings (SSSR count). The zero-order valence-corrected chi connectivity index (χ0v) is 29.8. The molecule has 1 aliphatic rings. The van der Waals surface area contributed by atoms with Gasteiger partial charge in [0.2, 0.25) is 4.91 Å². The molecule has 3 aromatic carbocycles. The summed E-state index contributed by atoms with van der Waals surface area (Å²) in [5.41, 5.74) is 3.64. The van der Waals surface area contributed by atoms with E-state index in [0.717, 1.165) is 23.1 Å². The molecule has 4 bridgehead atoms. The first-order valence-electron chi connectivity index (χ1n) is 16.8. The summed E-state index contributed by atoms with van der Waals surface area (Å²) in [5, 5.41) is 5.59. The van der Waals surface area contributed by atoms with Gasteiger partial charge >= 0.3 is 11.9 Å². The molecule has 0 fully saturated rings. The number of halogens is 1. The number of benzene rings is 3. The average Bonchev–Trinajstić information content (AvgIpc) is 3.79. The lowest BCUT2D eigenvalue weighted by atomic mass is 9.87. The molecule has 51 heavy (non-hydrogen) atoms. The lowest BCUT2D eigenvalue weighted by Gasteiger charge is -2.27. The zero-order chi connectivity index (χ0) is 36.1. The molecule has 0 spiro atoms. The Morgan fingerprint density at radius 2 is 1.98 bits per heavy atom. The quantitative estimate of drug-likeness (QED) is 0.110. The smallest absolute Gasteiger partial charge is 0.386 e. The number of aromatic nitrogens is 3. The Morgan fingerprint density at radius 1 is 1.16 bits per heavy atom. The predicted molar refractivity (Wildman–Crippen MR) is 197 cm³/mol. The Labute approximate surface area is 299 Å². The molecule has 0 radical (unpaired) electrons. The van der Waals surface area contributed by atoms with Gasteiger partial charge in [-0.1, -0.05) is 50.6 Å². The summed E-state index contributed by atoms with van der Waals surface area (Å²) in [4.78, 5) is 28.1. The van der Waals surface area contributed by atoms with E-state index < -0.39 is 34.3 Å². The monoisotopic (exact) mass is 709 g/mol. The number of carbonyl (C=O) groups excluding carboxylic acids is 2. The highest BCUT2D eigenvalue weighted by atomic mass is 32.2. The van der Waals surface area contributed by atoms with Crippen molar-refractivity contribution in [1.82, 2.24) is 14.8 Å². The second-order valence-corrected chi connectivity index (χ2v) is 14.6. The molecule has 2 unspecified atom stereocenters. The van der Waals surface area contributed by atoms with Gasteiger partial charge < -0.3 is 23.7 Å². The van der Waals surface area contributed by atoms with Crippen LogP contribution in [0.2, 0.25) is 0 Å². The predicted octanol–water partition coefficient (Wildman–Crippen LogP) is 8.60. The van der Waals surface area contributed by atoms with Crippen molar-refractivity contribution in [3.63, 3.8) is 0 Å². The van der Waals surface area contributed by atoms with Gasteiger partial charge in [0.15, 0.2) is 11.6 Å². The van der Waals surface area contributed by atoms with Crippen molar-refractivity contribution < 1.29 is 32.7 Å². The lowest BCUT2D eigenvalue weighted by Crippen LogP contribution is -2.28. The maximum absolute atomic E-state index is 15.8. The van der Waals surface area contributed by atoms with Gasteiger partial charge in [0, 0.05) is 58.1 Å². The Kier molecular flexibility index (Phi) is 10.8. The number of nitrogens with one attached hydrogen (secondary N) is 1. The van der Waals surface area contributed by atoms with E-state index in [9.17, 15) is 14.1 Å². The van der Waals surface area contributed by atoms with E-state index in [-0.39, 0.29) is 28.0 Å². The van der Waals surface area contributed by atoms with Crippen molar-refractivity contribution >= 4 is 46.2 Å². The minimum absolute atomic E-state index is 0.0772. The number of hydrogen-bond acceptors (Lipinski definition) is 7. The van der Waals surface area contributed by atoms with E-state index in [1.54, 1.807) is 43.5 Å². The van der Waals surface area contributed by atoms with Crippen molar-refractivity contribution in [3.05, 3.63) is 113 Å². The Morgan fingerprint density at radius 3 is 2.78 bits per heavy atom. The zero-order valence-electron chi connectivity index (χ0n) is 29.0. The first kappa shape index (κ1) is 35.7. The molecule has 9 nitrogen and oxygen atoms in total. The second-order valence-electron chi connectivity index (χ2n) is 13.2. The van der Waals surface area contributed by atoms with Gasteiger partial charge in [-0.25, -0.2) is 14.0 Å². The summed E-state index contributed by atoms with van der Waals surface area (Å²) in [5.74, 6) is -1.41. The number of rotatable bonds is 5. The van der Waals surface area contributed by atoms with Gasteiger partial charge in [0.25, 0.3) is 0 Å². The summed E-state index contributed by atoms with van der Waals surface area (Å²) in [6.45, 7) is 6.11. The third-order valence-electron chi connectivity index (χ3n) is 8.83. The molecule has 0 saturated heterocycles. The minimum atomic E-state index is -1.80. The molecule has 11 heteroatoms. The SMILES string of the molecule is CCOC(=O)/C=C/c1cccc(C2CCCC(C)(C)C[S+]([O-])/C(C(=O)OC)=C/c3c(c(F)cc4[nH]ccc34)Oc3cccc(c3)-c3ccn2n3)c1. The molecule has 2 aromatic heterocycles. The summed E-state index contributed by atoms with van der Waals surface area (Å²) in [6, 6.07) is 20.0. The van der Waals surface area contributed by atoms with E-state index in [0.29, 0.717) is 41.8 Å². The molecular formula is C40H40FN3O6S. The van der Waals surface area contributed by atoms with E-state index in [1.165, 1.54) is 25.3 Å². The second kappa shape index (κ2) is 15.4. The van der Waals surface area contributed by atoms with Crippen LogP contribution in [0.3, 0.4) is 0 Å². The Balaban J connectivity index is 1.45. The number of nitrogens with zero attached hydrogens (tertiary/aromatic N) is 2. The van der Waals surface area contributed by atoms with Crippen molar-refractivity contribution in [1.29, 1.82) is 0 Å². The van der Waals surface area contributed by atoms with Crippen LogP contribution in [0.4, 0.5) is 4.39 Å². The van der Waals surface area contributed by atoms with E-state index >= 15 is 4.39 Å². The number of fused-ring (bicyclic) bond motifs is 8. The number of carbonyl (C=O) groups is 2. The summed E-state index contributed by atoms with van der Waals surface area (Å²) in [6.07, 6.45) is 10.3. The van der Waals surface area contributed by atoms with Crippen molar-refractivity contribution in [2.24, 2.45) is 5.41 Å². The largest absolute Gasteiger partial charge is 0.611 e. The summed E-state index contributed by atoms with van der Waals surface area (Å²) in [7, 11) is 1.24. The highest BCUT2D eigenvalue weighted by Crippen LogP contribution is 2.39. The van der Waals surface area contributed by atoms with E-state index in [1.807, 2.05) is 61.1 Å². The number of ether oxygens (including phenoxy) is 3. The van der Waals surface area contributed by atoms with Gasteiger partial charge in [-0.3, -0.25) is 4.68 Å². The summed E-state index contributed by atoms with van der Waals surface area (Å²) >= 11 is -1.80. The van der Waals surface area contributed by atoms with Crippen molar-refractivity contribution in [2.75, 3.05) is 19.5 Å². The van der Waals surface area contributed by atoms with Crippen LogP contribution < -0.4 is 4.74 Å². The molecule has 3 heterocycles. The third-order valence-corrected chi connectivity index (χ3v) is 10.7. The highest BCUT2D eigenvalue weighted by Gasteiger charge is 2.33. The number of H-pyrrole nitrogens is 1. The first-order valence-corrected chi connectivity index (χ1v) is 18.1. The average molecular weight is 710 g/mol. The van der Waals surface area contributed by atoms with Crippen molar-refractivity contribution in [2.45, 2.75) is 46.1 Å². The van der Waals surface area contributed by atoms with Crippen LogP contribution in [0.15, 0.2) is 90.1 Å². The maximum Gasteiger partial charge on any atom is 0.386 e. The number of esters is 2. The number of methoxy groups -OCH3 is 1. The van der Waals surface area contributed by atoms with Crippen molar-refractivity contribution in [3.8, 4) is 22.8 Å². The van der Waals surface area contributed by atoms with Gasteiger partial charge in [-0.2, -0.15) is 5.10 Å². The minimum Gasteiger partial charge on any atom is -0.611 e. The van der Waals surface area contributed by atoms with E-state index in [2.05, 4.69) is 4.98 Å². The van der Waals surface area contributed by atoms with Gasteiger partial charge in [0.05, 0.1) is 25.5 Å². The van der Waals surface area contributed by atoms with Crippen LogP contribution in [0.5, 0.6) is 11.5 Å². The molecule has 0 aliphatic carbocycles. The number of aromatic amines is 1. The maximum atomic E-state index is 15.8. The van der Waals surface area contributed by atoms with Crippen LogP contribution >= 0.6 is 0 Å². The highest BCUT2D eigenvalue weighted by molar-refractivity contribution is 7.96. The van der Waals surface area contributed by atoms with Crippen LogP contribution in [0.1, 0.15) is 62.8 Å².